The Morgan fingerprint density at radius 2 is 1.87 bits per heavy atom. The second kappa shape index (κ2) is 14.6. The summed E-state index contributed by atoms with van der Waals surface area (Å²) in [5, 5.41) is 6.94. The molecule has 2 aliphatic heterocycles. The molecular formula is C34H45ClFN3O7. The van der Waals surface area contributed by atoms with E-state index >= 15 is 0 Å². The zero-order chi connectivity index (χ0) is 33.8. The standard InChI is InChI=1S/C34H45ClFN3O7/c1-6-10-21(29(42)27(40)7-2)16-28(41)26-18-34(17-25(38-46-34)20-13-14-24(36)23(35)15-20)19-39(26)31(43)30(33(3,4)5)37-32(44)45-22-11-8-9-12-22/h13-15,21-22,26,30H,6-12,16-19H2,1-5H3,(H,37,44)/t21-,26+,30-,34-/m1/s1. The van der Waals surface area contributed by atoms with Crippen LogP contribution in [0.25, 0.3) is 0 Å². The maximum atomic E-state index is 14.4. The average molecular weight is 662 g/mol. The van der Waals surface area contributed by atoms with Gasteiger partial charge in [-0.1, -0.05) is 63.9 Å². The minimum atomic E-state index is -1.08. The van der Waals surface area contributed by atoms with Crippen LogP contribution in [0.5, 0.6) is 0 Å². The van der Waals surface area contributed by atoms with Gasteiger partial charge in [0.25, 0.3) is 0 Å². The lowest BCUT2D eigenvalue weighted by molar-refractivity contribution is -0.143. The zero-order valence-corrected chi connectivity index (χ0v) is 28.1. The molecule has 10 nitrogen and oxygen atoms in total. The van der Waals surface area contributed by atoms with Crippen molar-refractivity contribution in [3.05, 3.63) is 34.6 Å². The first kappa shape index (κ1) is 35.5. The molecule has 1 aromatic rings. The van der Waals surface area contributed by atoms with Crippen molar-refractivity contribution in [2.45, 2.75) is 123 Å². The normalized spacial score (nSPS) is 22.7. The number of Topliss-reactive ketones (excluding diaryl/α,β-unsaturated/α-hetero) is 3. The van der Waals surface area contributed by atoms with Crippen molar-refractivity contribution >= 4 is 46.7 Å². The minimum Gasteiger partial charge on any atom is -0.446 e. The van der Waals surface area contributed by atoms with Crippen molar-refractivity contribution in [2.75, 3.05) is 6.54 Å². The number of likely N-dealkylation sites (tertiary alicyclic amines) is 1. The van der Waals surface area contributed by atoms with E-state index in [1.54, 1.807) is 6.92 Å². The van der Waals surface area contributed by atoms with Crippen molar-refractivity contribution in [1.82, 2.24) is 10.2 Å². The molecule has 4 atom stereocenters. The van der Waals surface area contributed by atoms with E-state index in [4.69, 9.17) is 21.2 Å². The third-order valence-electron chi connectivity index (χ3n) is 9.15. The van der Waals surface area contributed by atoms with E-state index in [1.165, 1.54) is 23.1 Å². The van der Waals surface area contributed by atoms with Crippen LogP contribution in [0.2, 0.25) is 5.02 Å². The predicted octanol–water partition coefficient (Wildman–Crippen LogP) is 5.95. The number of rotatable bonds is 12. The fraction of sp³-hybridized carbons (Fsp3) is 0.647. The number of oxime groups is 1. The number of amides is 2. The van der Waals surface area contributed by atoms with Crippen molar-refractivity contribution in [3.8, 4) is 0 Å². The number of nitrogens with one attached hydrogen (secondary N) is 1. The second-order valence-corrected chi connectivity index (χ2v) is 14.3. The average Bonchev–Trinajstić information content (AvgIpc) is 3.76. The summed E-state index contributed by atoms with van der Waals surface area (Å²) in [6.07, 6.45) is 3.66. The Kier molecular flexibility index (Phi) is 11.3. The molecule has 0 bridgehead atoms. The van der Waals surface area contributed by atoms with Gasteiger partial charge < -0.3 is 19.8 Å². The fourth-order valence-electron chi connectivity index (χ4n) is 6.59. The van der Waals surface area contributed by atoms with Gasteiger partial charge in [0.15, 0.2) is 17.2 Å². The number of carbonyl (C=O) groups is 5. The summed E-state index contributed by atoms with van der Waals surface area (Å²) in [6, 6.07) is 2.16. The number of hydrogen-bond donors (Lipinski definition) is 1. The molecule has 2 amide bonds. The topological polar surface area (TPSA) is 131 Å². The van der Waals surface area contributed by atoms with E-state index in [9.17, 15) is 28.4 Å². The Labute approximate surface area is 274 Å². The van der Waals surface area contributed by atoms with Crippen LogP contribution in [0.3, 0.4) is 0 Å². The number of nitrogens with zero attached hydrogens (tertiary/aromatic N) is 2. The van der Waals surface area contributed by atoms with Gasteiger partial charge in [0.1, 0.15) is 18.0 Å². The quantitative estimate of drug-likeness (QED) is 0.274. The number of alkyl carbamates (subject to hydrolysis) is 1. The van der Waals surface area contributed by atoms with E-state index in [1.807, 2.05) is 27.7 Å². The van der Waals surface area contributed by atoms with Crippen molar-refractivity contribution in [3.63, 3.8) is 0 Å². The number of hydrogen-bond acceptors (Lipinski definition) is 8. The van der Waals surface area contributed by atoms with Crippen LogP contribution in [-0.4, -0.2) is 70.3 Å². The molecule has 2 fully saturated rings. The smallest absolute Gasteiger partial charge is 0.408 e. The number of ketones is 3. The van der Waals surface area contributed by atoms with Gasteiger partial charge in [-0.15, -0.1) is 0 Å². The van der Waals surface area contributed by atoms with Gasteiger partial charge >= 0.3 is 6.09 Å². The molecule has 1 saturated heterocycles. The molecule has 0 aromatic heterocycles. The maximum absolute atomic E-state index is 14.4. The lowest BCUT2D eigenvalue weighted by Crippen LogP contribution is -2.57. The first-order valence-corrected chi connectivity index (χ1v) is 16.6. The Morgan fingerprint density at radius 3 is 2.48 bits per heavy atom. The minimum absolute atomic E-state index is 0.0175. The van der Waals surface area contributed by atoms with Gasteiger partial charge in [0.05, 0.1) is 23.3 Å². The molecule has 0 unspecified atom stereocenters. The Morgan fingerprint density at radius 1 is 1.17 bits per heavy atom. The van der Waals surface area contributed by atoms with Crippen LogP contribution in [0.1, 0.15) is 104 Å². The molecular weight excluding hydrogens is 617 g/mol. The maximum Gasteiger partial charge on any atom is 0.408 e. The molecule has 1 spiro atoms. The summed E-state index contributed by atoms with van der Waals surface area (Å²) in [5.74, 6) is -3.35. The number of ether oxygens (including phenoxy) is 1. The van der Waals surface area contributed by atoms with Gasteiger partial charge in [-0.3, -0.25) is 19.2 Å². The van der Waals surface area contributed by atoms with E-state index in [-0.39, 0.29) is 49.1 Å². The molecule has 2 heterocycles. The molecule has 1 aliphatic carbocycles. The fourth-order valence-corrected chi connectivity index (χ4v) is 6.77. The third kappa shape index (κ3) is 8.14. The van der Waals surface area contributed by atoms with Crippen molar-refractivity contribution in [1.29, 1.82) is 0 Å². The Hall–Kier alpha value is -3.34. The summed E-state index contributed by atoms with van der Waals surface area (Å²) in [6.45, 7) is 8.89. The zero-order valence-electron chi connectivity index (χ0n) is 27.3. The third-order valence-corrected chi connectivity index (χ3v) is 9.44. The number of halogens is 2. The highest BCUT2D eigenvalue weighted by Gasteiger charge is 2.55. The predicted molar refractivity (Wildman–Crippen MR) is 170 cm³/mol. The van der Waals surface area contributed by atoms with Gasteiger partial charge in [-0.25, -0.2) is 9.18 Å². The highest BCUT2D eigenvalue weighted by atomic mass is 35.5. The van der Waals surface area contributed by atoms with Crippen LogP contribution in [0.4, 0.5) is 9.18 Å². The monoisotopic (exact) mass is 661 g/mol. The SMILES string of the molecule is CCC[C@H](CC(=O)[C@@H]1C[C@]2(CC(c3ccc(F)c(Cl)c3)=NO2)CN1C(=O)[C@@H](NC(=O)OC1CCCC1)C(C)(C)C)C(=O)C(=O)CC. The van der Waals surface area contributed by atoms with Crippen LogP contribution in [0.15, 0.2) is 23.4 Å². The Bertz CT molecular complexity index is 1390. The van der Waals surface area contributed by atoms with Crippen LogP contribution >= 0.6 is 11.6 Å². The van der Waals surface area contributed by atoms with Gasteiger partial charge in [0, 0.05) is 37.2 Å². The molecule has 46 heavy (non-hydrogen) atoms. The summed E-state index contributed by atoms with van der Waals surface area (Å²) >= 11 is 6.01. The van der Waals surface area contributed by atoms with Gasteiger partial charge in [-0.2, -0.15) is 0 Å². The summed E-state index contributed by atoms with van der Waals surface area (Å²) in [7, 11) is 0. The van der Waals surface area contributed by atoms with E-state index in [0.717, 1.165) is 25.7 Å². The molecule has 1 N–H and O–H groups in total. The molecule has 3 aliphatic rings. The highest BCUT2D eigenvalue weighted by Crippen LogP contribution is 2.41. The van der Waals surface area contributed by atoms with Crippen molar-refractivity contribution < 1.29 is 37.9 Å². The Balaban J connectivity index is 1.62. The first-order valence-electron chi connectivity index (χ1n) is 16.3. The number of carbonyl (C=O) groups excluding carboxylic acids is 5. The number of benzene rings is 1. The molecule has 4 rings (SSSR count). The van der Waals surface area contributed by atoms with E-state index in [2.05, 4.69) is 10.5 Å². The molecule has 1 saturated carbocycles. The summed E-state index contributed by atoms with van der Waals surface area (Å²) in [5.41, 5.74) is -0.804. The van der Waals surface area contributed by atoms with Crippen LogP contribution < -0.4 is 5.32 Å². The molecule has 0 radical (unpaired) electrons. The molecule has 12 heteroatoms. The summed E-state index contributed by atoms with van der Waals surface area (Å²) in [4.78, 5) is 74.0. The largest absolute Gasteiger partial charge is 0.446 e. The first-order chi connectivity index (χ1) is 21.7. The van der Waals surface area contributed by atoms with Gasteiger partial charge in [-0.05, 0) is 49.7 Å². The molecule has 252 valence electrons. The van der Waals surface area contributed by atoms with E-state index in [0.29, 0.717) is 24.1 Å². The summed E-state index contributed by atoms with van der Waals surface area (Å²) < 4.78 is 19.5. The van der Waals surface area contributed by atoms with Gasteiger partial charge in [0.2, 0.25) is 11.7 Å². The van der Waals surface area contributed by atoms with Crippen LogP contribution in [0, 0.1) is 17.2 Å². The lowest BCUT2D eigenvalue weighted by Gasteiger charge is -2.35. The lowest BCUT2D eigenvalue weighted by atomic mass is 9.84. The van der Waals surface area contributed by atoms with Crippen molar-refractivity contribution in [2.24, 2.45) is 16.5 Å². The van der Waals surface area contributed by atoms with Crippen LogP contribution in [-0.2, 0) is 28.8 Å². The molecule has 1 aromatic carbocycles. The van der Waals surface area contributed by atoms with E-state index < -0.39 is 58.4 Å². The highest BCUT2D eigenvalue weighted by molar-refractivity contribution is 6.38. The second-order valence-electron chi connectivity index (χ2n) is 13.9.